The van der Waals surface area contributed by atoms with Gasteiger partial charge in [-0.2, -0.15) is 9.37 Å². The number of thioether (sulfide) groups is 1. The van der Waals surface area contributed by atoms with E-state index in [1.54, 1.807) is 6.92 Å². The van der Waals surface area contributed by atoms with Gasteiger partial charge in [-0.25, -0.2) is 4.98 Å². The highest BCUT2D eigenvalue weighted by Gasteiger charge is 1.99. The molecule has 2 nitrogen and oxygen atoms in total. The molecule has 54 valence electrons. The second-order valence-electron chi connectivity index (χ2n) is 1.83. The first kappa shape index (κ1) is 7.47. The van der Waals surface area contributed by atoms with Crippen LogP contribution in [0.1, 0.15) is 5.56 Å². The van der Waals surface area contributed by atoms with Gasteiger partial charge in [0.05, 0.1) is 0 Å². The molecule has 4 heteroatoms. The number of aromatic nitrogens is 2. The average Bonchev–Trinajstić information content (AvgIpc) is 1.95. The van der Waals surface area contributed by atoms with Crippen LogP contribution in [-0.4, -0.2) is 16.2 Å². The summed E-state index contributed by atoms with van der Waals surface area (Å²) >= 11 is 1.33. The topological polar surface area (TPSA) is 25.8 Å². The highest BCUT2D eigenvalue weighted by Crippen LogP contribution is 2.09. The van der Waals surface area contributed by atoms with Gasteiger partial charge in [0.2, 0.25) is 5.95 Å². The molecule has 1 heterocycles. The van der Waals surface area contributed by atoms with Crippen LogP contribution in [0.3, 0.4) is 0 Å². The average molecular weight is 158 g/mol. The lowest BCUT2D eigenvalue weighted by molar-refractivity contribution is 0.553. The van der Waals surface area contributed by atoms with E-state index in [0.717, 1.165) is 0 Å². The van der Waals surface area contributed by atoms with E-state index in [0.29, 0.717) is 10.7 Å². The molecule has 0 amide bonds. The molecule has 0 aliphatic carbocycles. The van der Waals surface area contributed by atoms with Crippen LogP contribution in [0.25, 0.3) is 0 Å². The summed E-state index contributed by atoms with van der Waals surface area (Å²) in [4.78, 5) is 7.45. The highest BCUT2D eigenvalue weighted by atomic mass is 32.2. The smallest absolute Gasteiger partial charge is 0.219 e. The first-order valence-electron chi connectivity index (χ1n) is 2.77. The Labute approximate surface area is 62.9 Å². The predicted octanol–water partition coefficient (Wildman–Crippen LogP) is 1.65. The molecule has 0 fully saturated rings. The summed E-state index contributed by atoms with van der Waals surface area (Å²) in [7, 11) is 0. The zero-order valence-electron chi connectivity index (χ0n) is 5.76. The third-order valence-corrected chi connectivity index (χ3v) is 1.63. The Bertz CT molecular complexity index is 239. The molecule has 0 aliphatic rings. The van der Waals surface area contributed by atoms with Crippen LogP contribution < -0.4 is 0 Å². The maximum absolute atomic E-state index is 12.6. The van der Waals surface area contributed by atoms with Crippen LogP contribution in [0.15, 0.2) is 11.4 Å². The monoisotopic (exact) mass is 158 g/mol. The molecule has 0 aromatic carbocycles. The van der Waals surface area contributed by atoms with Gasteiger partial charge in [0.25, 0.3) is 0 Å². The zero-order chi connectivity index (χ0) is 7.56. The Kier molecular flexibility index (Phi) is 2.21. The number of hydrogen-bond acceptors (Lipinski definition) is 3. The number of halogens is 1. The van der Waals surface area contributed by atoms with Gasteiger partial charge in [-0.15, -0.1) is 0 Å². The lowest BCUT2D eigenvalue weighted by Gasteiger charge is -1.95. The van der Waals surface area contributed by atoms with Gasteiger partial charge < -0.3 is 0 Å². The molecule has 0 aliphatic heterocycles. The van der Waals surface area contributed by atoms with Gasteiger partial charge in [0.1, 0.15) is 0 Å². The van der Waals surface area contributed by atoms with Gasteiger partial charge in [-0.3, -0.25) is 0 Å². The minimum atomic E-state index is -0.431. The van der Waals surface area contributed by atoms with Crippen LogP contribution >= 0.6 is 11.8 Å². The Hall–Kier alpha value is -0.640. The predicted molar refractivity (Wildman–Crippen MR) is 38.5 cm³/mol. The molecular weight excluding hydrogens is 151 g/mol. The minimum Gasteiger partial charge on any atom is -0.231 e. The zero-order valence-corrected chi connectivity index (χ0v) is 6.57. The lowest BCUT2D eigenvalue weighted by atomic mass is 10.4. The van der Waals surface area contributed by atoms with Crippen molar-refractivity contribution >= 4 is 11.8 Å². The molecule has 0 saturated carbocycles. The maximum atomic E-state index is 12.6. The van der Waals surface area contributed by atoms with Gasteiger partial charge in [0, 0.05) is 11.8 Å². The van der Waals surface area contributed by atoms with E-state index in [4.69, 9.17) is 0 Å². The van der Waals surface area contributed by atoms with Crippen molar-refractivity contribution in [3.05, 3.63) is 17.7 Å². The number of aryl methyl sites for hydroxylation is 1. The summed E-state index contributed by atoms with van der Waals surface area (Å²) in [5.41, 5.74) is 0.484. The van der Waals surface area contributed by atoms with Gasteiger partial charge in [-0.05, 0) is 13.2 Å². The fourth-order valence-corrected chi connectivity index (χ4v) is 0.834. The van der Waals surface area contributed by atoms with Crippen LogP contribution in [-0.2, 0) is 0 Å². The van der Waals surface area contributed by atoms with Crippen LogP contribution in [0.5, 0.6) is 0 Å². The third kappa shape index (κ3) is 1.44. The van der Waals surface area contributed by atoms with Crippen LogP contribution in [0.4, 0.5) is 4.39 Å². The summed E-state index contributed by atoms with van der Waals surface area (Å²) in [6.45, 7) is 1.64. The molecule has 0 bridgehead atoms. The van der Waals surface area contributed by atoms with Gasteiger partial charge in [-0.1, -0.05) is 11.8 Å². The van der Waals surface area contributed by atoms with E-state index in [1.165, 1.54) is 18.0 Å². The van der Waals surface area contributed by atoms with Crippen LogP contribution in [0.2, 0.25) is 0 Å². The van der Waals surface area contributed by atoms with Crippen molar-refractivity contribution in [1.29, 1.82) is 0 Å². The van der Waals surface area contributed by atoms with Crippen molar-refractivity contribution in [2.24, 2.45) is 0 Å². The molecule has 0 atom stereocenters. The first-order chi connectivity index (χ1) is 4.74. The van der Waals surface area contributed by atoms with Crippen molar-refractivity contribution in [3.63, 3.8) is 0 Å². The quantitative estimate of drug-likeness (QED) is 0.353. The van der Waals surface area contributed by atoms with E-state index in [9.17, 15) is 4.39 Å². The molecule has 0 N–H and O–H groups in total. The summed E-state index contributed by atoms with van der Waals surface area (Å²) in [6, 6.07) is 0. The molecular formula is C6H7FN2S. The van der Waals surface area contributed by atoms with E-state index < -0.39 is 5.95 Å². The lowest BCUT2D eigenvalue weighted by Crippen LogP contribution is -1.92. The Morgan fingerprint density at radius 2 is 2.30 bits per heavy atom. The number of hydrogen-bond donors (Lipinski definition) is 0. The highest BCUT2D eigenvalue weighted by molar-refractivity contribution is 7.98. The Morgan fingerprint density at radius 1 is 1.60 bits per heavy atom. The minimum absolute atomic E-state index is 0.431. The largest absolute Gasteiger partial charge is 0.231 e. The van der Waals surface area contributed by atoms with Crippen molar-refractivity contribution in [1.82, 2.24) is 9.97 Å². The van der Waals surface area contributed by atoms with Crippen molar-refractivity contribution in [2.75, 3.05) is 6.26 Å². The molecule has 1 rings (SSSR count). The van der Waals surface area contributed by atoms with Crippen molar-refractivity contribution in [2.45, 2.75) is 12.1 Å². The van der Waals surface area contributed by atoms with E-state index >= 15 is 0 Å². The molecule has 0 unspecified atom stereocenters. The molecule has 0 saturated heterocycles. The maximum Gasteiger partial charge on any atom is 0.219 e. The third-order valence-electron chi connectivity index (χ3n) is 1.07. The van der Waals surface area contributed by atoms with E-state index in [1.807, 2.05) is 6.26 Å². The second-order valence-corrected chi connectivity index (χ2v) is 2.60. The fraction of sp³-hybridized carbons (Fsp3) is 0.333. The number of rotatable bonds is 1. The summed E-state index contributed by atoms with van der Waals surface area (Å²) in [5, 5.41) is 0.475. The van der Waals surface area contributed by atoms with E-state index in [2.05, 4.69) is 9.97 Å². The standard InChI is InChI=1S/C6H7FN2S/c1-4-3-8-6(10-2)9-5(4)7/h3H,1-2H3. The molecule has 10 heavy (non-hydrogen) atoms. The summed E-state index contributed by atoms with van der Waals surface area (Å²) < 4.78 is 12.6. The number of nitrogens with zero attached hydrogens (tertiary/aromatic N) is 2. The summed E-state index contributed by atoms with van der Waals surface area (Å²) in [5.74, 6) is -0.431. The van der Waals surface area contributed by atoms with E-state index in [-0.39, 0.29) is 0 Å². The Morgan fingerprint density at radius 3 is 2.80 bits per heavy atom. The second kappa shape index (κ2) is 2.96. The van der Waals surface area contributed by atoms with Crippen molar-refractivity contribution < 1.29 is 4.39 Å². The normalized spacial score (nSPS) is 9.90. The van der Waals surface area contributed by atoms with Gasteiger partial charge in [0.15, 0.2) is 5.16 Å². The fourth-order valence-electron chi connectivity index (χ4n) is 0.505. The molecule has 1 aromatic rings. The molecule has 0 radical (unpaired) electrons. The van der Waals surface area contributed by atoms with Crippen molar-refractivity contribution in [3.8, 4) is 0 Å². The molecule has 0 spiro atoms. The molecule has 1 aromatic heterocycles. The van der Waals surface area contributed by atoms with Gasteiger partial charge >= 0.3 is 0 Å². The van der Waals surface area contributed by atoms with Crippen LogP contribution in [0, 0.1) is 12.9 Å². The SMILES string of the molecule is CSc1ncc(C)c(F)n1. The first-order valence-corrected chi connectivity index (χ1v) is 3.99. The Balaban J connectivity index is 3.04. The summed E-state index contributed by atoms with van der Waals surface area (Å²) in [6.07, 6.45) is 3.29.